The van der Waals surface area contributed by atoms with Gasteiger partial charge in [0.2, 0.25) is 0 Å². The van der Waals surface area contributed by atoms with Gasteiger partial charge in [-0.15, -0.1) is 0 Å². The first-order valence-corrected chi connectivity index (χ1v) is 6.07. The van der Waals surface area contributed by atoms with E-state index in [4.69, 9.17) is 5.73 Å². The summed E-state index contributed by atoms with van der Waals surface area (Å²) in [5, 5.41) is 0. The summed E-state index contributed by atoms with van der Waals surface area (Å²) in [6.45, 7) is 0. The molecule has 0 fully saturated rings. The van der Waals surface area contributed by atoms with Crippen molar-refractivity contribution in [1.29, 1.82) is 0 Å². The van der Waals surface area contributed by atoms with Gasteiger partial charge in [0.25, 0.3) is 0 Å². The summed E-state index contributed by atoms with van der Waals surface area (Å²) in [6.07, 6.45) is 15.0. The lowest BCUT2D eigenvalue weighted by atomic mass is 9.93. The number of nitrogens with zero attached hydrogens (tertiary/aromatic N) is 2. The third-order valence-corrected chi connectivity index (χ3v) is 3.17. The van der Waals surface area contributed by atoms with E-state index in [0.29, 0.717) is 0 Å². The van der Waals surface area contributed by atoms with E-state index in [1.165, 1.54) is 31.3 Å². The van der Waals surface area contributed by atoms with Gasteiger partial charge in [-0.25, -0.2) is 9.97 Å². The van der Waals surface area contributed by atoms with Crippen LogP contribution in [0.5, 0.6) is 0 Å². The molecule has 16 heavy (non-hydrogen) atoms. The average molecular weight is 217 g/mol. The molecule has 0 spiro atoms. The molecule has 1 aromatic heterocycles. The number of hydrogen-bond donors (Lipinski definition) is 1. The largest absolute Gasteiger partial charge is 0.320 e. The van der Waals surface area contributed by atoms with Crippen molar-refractivity contribution in [1.82, 2.24) is 9.97 Å². The van der Waals surface area contributed by atoms with E-state index < -0.39 is 0 Å². The van der Waals surface area contributed by atoms with E-state index in [-0.39, 0.29) is 6.04 Å². The van der Waals surface area contributed by atoms with Crippen molar-refractivity contribution in [2.24, 2.45) is 5.73 Å². The highest BCUT2D eigenvalue weighted by Gasteiger charge is 2.13. The molecule has 1 atom stereocenters. The summed E-state index contributed by atoms with van der Waals surface area (Å²) in [4.78, 5) is 8.05. The standard InChI is InChI=1S/C13H19N3/c14-13(12-8-15-10-16-9-12)11-6-4-2-1-3-5-7-11/h6,8-10,13H,1-5,7,14H2. The number of rotatable bonds is 2. The minimum atomic E-state index is -0.0145. The maximum Gasteiger partial charge on any atom is 0.115 e. The lowest BCUT2D eigenvalue weighted by Crippen LogP contribution is -2.14. The molecule has 1 aliphatic rings. The monoisotopic (exact) mass is 217 g/mol. The zero-order chi connectivity index (χ0) is 11.2. The van der Waals surface area contributed by atoms with Gasteiger partial charge in [0.05, 0.1) is 6.04 Å². The number of hydrogen-bond acceptors (Lipinski definition) is 3. The molecule has 0 aliphatic heterocycles. The molecule has 1 heterocycles. The Morgan fingerprint density at radius 1 is 1.06 bits per heavy atom. The van der Waals surface area contributed by atoms with Crippen LogP contribution in [0.25, 0.3) is 0 Å². The quantitative estimate of drug-likeness (QED) is 0.775. The molecule has 1 aromatic rings. The van der Waals surface area contributed by atoms with Crippen molar-refractivity contribution in [2.75, 3.05) is 0 Å². The van der Waals surface area contributed by atoms with Crippen molar-refractivity contribution in [3.63, 3.8) is 0 Å². The van der Waals surface area contributed by atoms with Gasteiger partial charge in [0.15, 0.2) is 0 Å². The Balaban J connectivity index is 2.10. The van der Waals surface area contributed by atoms with Gasteiger partial charge in [-0.2, -0.15) is 0 Å². The van der Waals surface area contributed by atoms with Crippen LogP contribution in [0, 0.1) is 0 Å². The van der Waals surface area contributed by atoms with Gasteiger partial charge in [-0.1, -0.05) is 24.5 Å². The van der Waals surface area contributed by atoms with Crippen molar-refractivity contribution < 1.29 is 0 Å². The normalized spacial score (nSPS) is 19.4. The van der Waals surface area contributed by atoms with E-state index in [1.807, 2.05) is 12.4 Å². The number of nitrogens with two attached hydrogens (primary N) is 1. The van der Waals surface area contributed by atoms with Crippen LogP contribution >= 0.6 is 0 Å². The molecule has 1 unspecified atom stereocenters. The Bertz CT molecular complexity index is 345. The fraction of sp³-hybridized carbons (Fsp3) is 0.538. The molecule has 86 valence electrons. The molecule has 0 aromatic carbocycles. The highest BCUT2D eigenvalue weighted by molar-refractivity contribution is 5.23. The summed E-state index contributed by atoms with van der Waals surface area (Å²) >= 11 is 0. The van der Waals surface area contributed by atoms with E-state index in [2.05, 4.69) is 16.0 Å². The van der Waals surface area contributed by atoms with E-state index >= 15 is 0 Å². The minimum Gasteiger partial charge on any atom is -0.320 e. The van der Waals surface area contributed by atoms with Crippen molar-refractivity contribution in [3.05, 3.63) is 35.9 Å². The van der Waals surface area contributed by atoms with E-state index in [9.17, 15) is 0 Å². The Morgan fingerprint density at radius 3 is 2.62 bits per heavy atom. The highest BCUT2D eigenvalue weighted by Crippen LogP contribution is 2.26. The first kappa shape index (κ1) is 11.3. The number of aromatic nitrogens is 2. The third kappa shape index (κ3) is 2.89. The molecule has 0 radical (unpaired) electrons. The molecule has 3 heteroatoms. The molecule has 0 bridgehead atoms. The maximum atomic E-state index is 6.24. The van der Waals surface area contributed by atoms with Crippen LogP contribution in [0.15, 0.2) is 30.4 Å². The van der Waals surface area contributed by atoms with Crippen molar-refractivity contribution >= 4 is 0 Å². The summed E-state index contributed by atoms with van der Waals surface area (Å²) in [7, 11) is 0. The fourth-order valence-corrected chi connectivity index (χ4v) is 2.18. The molecular formula is C13H19N3. The zero-order valence-corrected chi connectivity index (χ0v) is 9.60. The molecular weight excluding hydrogens is 198 g/mol. The van der Waals surface area contributed by atoms with Crippen LogP contribution in [0.2, 0.25) is 0 Å². The maximum absolute atomic E-state index is 6.24. The molecule has 1 aliphatic carbocycles. The summed E-state index contributed by atoms with van der Waals surface area (Å²) in [6, 6.07) is -0.0145. The summed E-state index contributed by atoms with van der Waals surface area (Å²) in [5.41, 5.74) is 8.62. The van der Waals surface area contributed by atoms with Gasteiger partial charge in [0.1, 0.15) is 6.33 Å². The lowest BCUT2D eigenvalue weighted by molar-refractivity contribution is 0.601. The molecule has 0 amide bonds. The topological polar surface area (TPSA) is 51.8 Å². The predicted molar refractivity (Wildman–Crippen MR) is 64.7 cm³/mol. The predicted octanol–water partition coefficient (Wildman–Crippen LogP) is 2.76. The van der Waals surface area contributed by atoms with Gasteiger partial charge in [-0.05, 0) is 25.7 Å². The lowest BCUT2D eigenvalue weighted by Gasteiger charge is -2.18. The van der Waals surface area contributed by atoms with Crippen molar-refractivity contribution in [3.8, 4) is 0 Å². The molecule has 2 rings (SSSR count). The van der Waals surface area contributed by atoms with Crippen LogP contribution in [-0.2, 0) is 0 Å². The Kier molecular flexibility index (Phi) is 4.05. The molecule has 3 nitrogen and oxygen atoms in total. The molecule has 0 saturated heterocycles. The van der Waals surface area contributed by atoms with Crippen molar-refractivity contribution in [2.45, 2.75) is 44.6 Å². The van der Waals surface area contributed by atoms with Crippen LogP contribution in [0.4, 0.5) is 0 Å². The Morgan fingerprint density at radius 2 is 1.81 bits per heavy atom. The second-order valence-electron chi connectivity index (χ2n) is 4.38. The second-order valence-corrected chi connectivity index (χ2v) is 4.38. The first-order chi connectivity index (χ1) is 7.88. The van der Waals surface area contributed by atoms with Crippen LogP contribution in [0.1, 0.15) is 50.1 Å². The third-order valence-electron chi connectivity index (χ3n) is 3.17. The van der Waals surface area contributed by atoms with Gasteiger partial charge < -0.3 is 5.73 Å². The van der Waals surface area contributed by atoms with Crippen LogP contribution in [0.3, 0.4) is 0 Å². The second kappa shape index (κ2) is 5.75. The minimum absolute atomic E-state index is 0.0145. The Hall–Kier alpha value is -1.22. The Labute approximate surface area is 96.8 Å². The summed E-state index contributed by atoms with van der Waals surface area (Å²) < 4.78 is 0. The number of allylic oxidation sites excluding steroid dienone is 1. The fourth-order valence-electron chi connectivity index (χ4n) is 2.18. The van der Waals surface area contributed by atoms with Gasteiger partial charge in [-0.3, -0.25) is 0 Å². The van der Waals surface area contributed by atoms with E-state index in [0.717, 1.165) is 18.4 Å². The molecule has 0 saturated carbocycles. The molecule has 2 N–H and O–H groups in total. The van der Waals surface area contributed by atoms with Crippen LogP contribution in [-0.4, -0.2) is 9.97 Å². The van der Waals surface area contributed by atoms with Gasteiger partial charge >= 0.3 is 0 Å². The smallest absolute Gasteiger partial charge is 0.115 e. The zero-order valence-electron chi connectivity index (χ0n) is 9.60. The van der Waals surface area contributed by atoms with E-state index in [1.54, 1.807) is 6.33 Å². The van der Waals surface area contributed by atoms with Crippen LogP contribution < -0.4 is 5.73 Å². The highest BCUT2D eigenvalue weighted by atomic mass is 14.8. The van der Waals surface area contributed by atoms with Gasteiger partial charge in [0, 0.05) is 18.0 Å². The SMILES string of the molecule is NC(C1=CCCCCCC1)c1cncnc1. The first-order valence-electron chi connectivity index (χ1n) is 6.07. The summed E-state index contributed by atoms with van der Waals surface area (Å²) in [5.74, 6) is 0. The average Bonchev–Trinajstić information content (AvgIpc) is 2.29.